The van der Waals surface area contributed by atoms with Crippen molar-refractivity contribution in [3.8, 4) is 11.5 Å². The lowest BCUT2D eigenvalue weighted by Crippen LogP contribution is -2.41. The fraction of sp³-hybridized carbons (Fsp3) is 0.409. The zero-order valence-electron chi connectivity index (χ0n) is 16.3. The summed E-state index contributed by atoms with van der Waals surface area (Å²) < 4.78 is 11.2. The summed E-state index contributed by atoms with van der Waals surface area (Å²) in [6.07, 6.45) is 2.14. The molecule has 0 saturated carbocycles. The van der Waals surface area contributed by atoms with Crippen LogP contribution in [0.15, 0.2) is 42.5 Å². The number of anilines is 1. The van der Waals surface area contributed by atoms with Gasteiger partial charge in [0.15, 0.2) is 11.5 Å². The topological polar surface area (TPSA) is 50.8 Å². The van der Waals surface area contributed by atoms with Gasteiger partial charge in [-0.05, 0) is 56.0 Å². The number of carbonyl (C=O) groups excluding carboxylic acids is 1. The summed E-state index contributed by atoms with van der Waals surface area (Å²) >= 11 is 0. The maximum Gasteiger partial charge on any atom is 0.240 e. The zero-order valence-corrected chi connectivity index (χ0v) is 16.3. The third kappa shape index (κ3) is 4.80. The van der Waals surface area contributed by atoms with E-state index in [9.17, 15) is 4.79 Å². The summed E-state index contributed by atoms with van der Waals surface area (Å²) in [5.41, 5.74) is 3.35. The fourth-order valence-electron chi connectivity index (χ4n) is 3.38. The second-order valence-corrected chi connectivity index (χ2v) is 7.03. The van der Waals surface area contributed by atoms with Crippen LogP contribution in [0.3, 0.4) is 0 Å². The summed E-state index contributed by atoms with van der Waals surface area (Å²) in [7, 11) is 1.64. The SMILES string of the molecule is COc1cc(CNCC(=O)N2CCCc3ccccc32)ccc1OC(C)C. The molecule has 1 N–H and O–H groups in total. The molecule has 2 aromatic rings. The molecule has 27 heavy (non-hydrogen) atoms. The minimum Gasteiger partial charge on any atom is -0.493 e. The Morgan fingerprint density at radius 2 is 2.00 bits per heavy atom. The lowest BCUT2D eigenvalue weighted by atomic mass is 10.0. The van der Waals surface area contributed by atoms with Crippen molar-refractivity contribution in [3.63, 3.8) is 0 Å². The molecule has 5 heteroatoms. The molecular weight excluding hydrogens is 340 g/mol. The number of rotatable bonds is 7. The number of methoxy groups -OCH3 is 1. The molecule has 0 unspecified atom stereocenters. The number of ether oxygens (including phenoxy) is 2. The van der Waals surface area contributed by atoms with Crippen LogP contribution in [-0.2, 0) is 17.8 Å². The van der Waals surface area contributed by atoms with Gasteiger partial charge in [0.05, 0.1) is 19.8 Å². The van der Waals surface area contributed by atoms with Crippen LogP contribution < -0.4 is 19.7 Å². The van der Waals surface area contributed by atoms with Gasteiger partial charge in [-0.2, -0.15) is 0 Å². The van der Waals surface area contributed by atoms with Crippen LogP contribution in [0.1, 0.15) is 31.4 Å². The van der Waals surface area contributed by atoms with Crippen LogP contribution in [0.4, 0.5) is 5.69 Å². The Morgan fingerprint density at radius 1 is 1.19 bits per heavy atom. The Labute approximate surface area is 161 Å². The van der Waals surface area contributed by atoms with E-state index in [4.69, 9.17) is 9.47 Å². The predicted octanol–water partition coefficient (Wildman–Crippen LogP) is 3.55. The summed E-state index contributed by atoms with van der Waals surface area (Å²) in [5.74, 6) is 1.55. The van der Waals surface area contributed by atoms with E-state index >= 15 is 0 Å². The second kappa shape index (κ2) is 8.91. The van der Waals surface area contributed by atoms with Crippen molar-refractivity contribution in [3.05, 3.63) is 53.6 Å². The quantitative estimate of drug-likeness (QED) is 0.812. The molecule has 0 spiro atoms. The number of fused-ring (bicyclic) bond motifs is 1. The van der Waals surface area contributed by atoms with E-state index in [1.54, 1.807) is 7.11 Å². The molecule has 144 valence electrons. The molecular formula is C22H28N2O3. The molecule has 0 aromatic heterocycles. The van der Waals surface area contributed by atoms with Crippen LogP contribution >= 0.6 is 0 Å². The molecule has 1 heterocycles. The van der Waals surface area contributed by atoms with Gasteiger partial charge >= 0.3 is 0 Å². The van der Waals surface area contributed by atoms with Gasteiger partial charge in [0.25, 0.3) is 0 Å². The molecule has 5 nitrogen and oxygen atoms in total. The Balaban J connectivity index is 1.58. The second-order valence-electron chi connectivity index (χ2n) is 7.03. The van der Waals surface area contributed by atoms with Gasteiger partial charge in [-0.1, -0.05) is 24.3 Å². The van der Waals surface area contributed by atoms with Crippen molar-refractivity contribution in [1.82, 2.24) is 5.32 Å². The van der Waals surface area contributed by atoms with Gasteiger partial charge < -0.3 is 19.7 Å². The van der Waals surface area contributed by atoms with Crippen molar-refractivity contribution < 1.29 is 14.3 Å². The molecule has 0 atom stereocenters. The van der Waals surface area contributed by atoms with Crippen molar-refractivity contribution in [2.24, 2.45) is 0 Å². The molecule has 0 bridgehead atoms. The Kier molecular flexibility index (Phi) is 6.35. The van der Waals surface area contributed by atoms with Crippen molar-refractivity contribution >= 4 is 11.6 Å². The van der Waals surface area contributed by atoms with Crippen LogP contribution in [0.5, 0.6) is 11.5 Å². The average Bonchev–Trinajstić information content (AvgIpc) is 2.68. The molecule has 0 aliphatic carbocycles. The summed E-state index contributed by atoms with van der Waals surface area (Å²) in [4.78, 5) is 14.6. The lowest BCUT2D eigenvalue weighted by Gasteiger charge is -2.29. The van der Waals surface area contributed by atoms with Gasteiger partial charge in [0.1, 0.15) is 0 Å². The van der Waals surface area contributed by atoms with Crippen LogP contribution in [-0.4, -0.2) is 32.2 Å². The highest BCUT2D eigenvalue weighted by molar-refractivity contribution is 5.95. The Morgan fingerprint density at radius 3 is 2.78 bits per heavy atom. The first-order chi connectivity index (χ1) is 13.1. The summed E-state index contributed by atoms with van der Waals surface area (Å²) in [6, 6.07) is 14.0. The van der Waals surface area contributed by atoms with Gasteiger partial charge in [-0.25, -0.2) is 0 Å². The molecule has 0 radical (unpaired) electrons. The highest BCUT2D eigenvalue weighted by Gasteiger charge is 2.21. The van der Waals surface area contributed by atoms with Gasteiger partial charge in [-0.3, -0.25) is 4.79 Å². The van der Waals surface area contributed by atoms with Crippen LogP contribution in [0.2, 0.25) is 0 Å². The zero-order chi connectivity index (χ0) is 19.2. The maximum atomic E-state index is 12.7. The molecule has 1 amide bonds. The molecule has 2 aromatic carbocycles. The van der Waals surface area contributed by atoms with Crippen LogP contribution in [0.25, 0.3) is 0 Å². The minimum atomic E-state index is 0.0907. The monoisotopic (exact) mass is 368 g/mol. The number of hydrogen-bond donors (Lipinski definition) is 1. The highest BCUT2D eigenvalue weighted by atomic mass is 16.5. The standard InChI is InChI=1S/C22H28N2O3/c1-16(2)27-20-11-10-17(13-21(20)26-3)14-23-15-22(25)24-12-6-8-18-7-4-5-9-19(18)24/h4-5,7,9-11,13,16,23H,6,8,12,14-15H2,1-3H3. The number of nitrogens with one attached hydrogen (secondary N) is 1. The van der Waals surface area contributed by atoms with Crippen molar-refractivity contribution in [2.45, 2.75) is 39.3 Å². The van der Waals surface area contributed by atoms with Gasteiger partial charge in [-0.15, -0.1) is 0 Å². The smallest absolute Gasteiger partial charge is 0.240 e. The molecule has 1 aliphatic rings. The first-order valence-corrected chi connectivity index (χ1v) is 9.51. The lowest BCUT2D eigenvalue weighted by molar-refractivity contribution is -0.117. The number of nitrogens with zero attached hydrogens (tertiary/aromatic N) is 1. The minimum absolute atomic E-state index is 0.0907. The van der Waals surface area contributed by atoms with E-state index in [1.165, 1.54) is 5.56 Å². The Bertz CT molecular complexity index is 789. The van der Waals surface area contributed by atoms with Crippen molar-refractivity contribution in [2.75, 3.05) is 25.1 Å². The third-order valence-electron chi connectivity index (χ3n) is 4.61. The van der Waals surface area contributed by atoms with Gasteiger partial charge in [0.2, 0.25) is 5.91 Å². The van der Waals surface area contributed by atoms with E-state index in [0.29, 0.717) is 18.8 Å². The predicted molar refractivity (Wildman–Crippen MR) is 108 cm³/mol. The largest absolute Gasteiger partial charge is 0.493 e. The molecule has 0 saturated heterocycles. The number of aryl methyl sites for hydroxylation is 1. The number of amides is 1. The first kappa shape index (κ1) is 19.2. The number of hydrogen-bond acceptors (Lipinski definition) is 4. The highest BCUT2D eigenvalue weighted by Crippen LogP contribution is 2.29. The number of carbonyl (C=O) groups is 1. The van der Waals surface area contributed by atoms with E-state index in [0.717, 1.165) is 36.4 Å². The fourth-order valence-corrected chi connectivity index (χ4v) is 3.38. The van der Waals surface area contributed by atoms with E-state index in [2.05, 4.69) is 11.4 Å². The molecule has 1 aliphatic heterocycles. The van der Waals surface area contributed by atoms with E-state index in [1.807, 2.05) is 55.1 Å². The number of benzene rings is 2. The normalized spacial score (nSPS) is 13.4. The summed E-state index contributed by atoms with van der Waals surface area (Å²) in [5, 5.41) is 3.25. The van der Waals surface area contributed by atoms with Crippen LogP contribution in [0, 0.1) is 0 Å². The maximum absolute atomic E-state index is 12.7. The Hall–Kier alpha value is -2.53. The average molecular weight is 368 g/mol. The van der Waals surface area contributed by atoms with E-state index in [-0.39, 0.29) is 12.0 Å². The third-order valence-corrected chi connectivity index (χ3v) is 4.61. The van der Waals surface area contributed by atoms with E-state index < -0.39 is 0 Å². The van der Waals surface area contributed by atoms with Gasteiger partial charge in [0, 0.05) is 18.8 Å². The molecule has 3 rings (SSSR count). The first-order valence-electron chi connectivity index (χ1n) is 9.51. The number of para-hydroxylation sites is 1. The van der Waals surface area contributed by atoms with Crippen molar-refractivity contribution in [1.29, 1.82) is 0 Å². The summed E-state index contributed by atoms with van der Waals surface area (Å²) in [6.45, 7) is 5.66. The molecule has 0 fully saturated rings.